The molecule has 0 saturated carbocycles. The summed E-state index contributed by atoms with van der Waals surface area (Å²) < 4.78 is 0. The normalized spacial score (nSPS) is 12.4. The number of halogens is 1. The maximum Gasteiger partial charge on any atom is 0.0511 e. The van der Waals surface area contributed by atoms with Crippen LogP contribution in [0.4, 0.5) is 0 Å². The predicted molar refractivity (Wildman–Crippen MR) is 94.7 cm³/mol. The minimum absolute atomic E-state index is 0.0559. The van der Waals surface area contributed by atoms with Gasteiger partial charge in [0.1, 0.15) is 0 Å². The number of nitrogens with one attached hydrogen (secondary N) is 1. The topological polar surface area (TPSA) is 45.1 Å². The lowest BCUT2D eigenvalue weighted by Gasteiger charge is -2.16. The van der Waals surface area contributed by atoms with Crippen molar-refractivity contribution in [1.29, 1.82) is 0 Å². The first-order chi connectivity index (χ1) is 11.3. The Bertz CT molecular complexity index is 768. The molecule has 1 unspecified atom stereocenters. The van der Waals surface area contributed by atoms with Crippen LogP contribution in [-0.2, 0) is 6.54 Å². The van der Waals surface area contributed by atoms with E-state index in [1.807, 2.05) is 42.7 Å². The summed E-state index contributed by atoms with van der Waals surface area (Å²) in [6.07, 6.45) is 3.71. The van der Waals surface area contributed by atoms with Crippen LogP contribution in [0.1, 0.15) is 17.0 Å². The lowest BCUT2D eigenvalue weighted by molar-refractivity contribution is 0.261. The van der Waals surface area contributed by atoms with Gasteiger partial charge in [0, 0.05) is 41.8 Å². The zero-order valence-electron chi connectivity index (χ0n) is 12.7. The second kappa shape index (κ2) is 7.55. The smallest absolute Gasteiger partial charge is 0.0511 e. The Kier molecular flexibility index (Phi) is 5.23. The van der Waals surface area contributed by atoms with Gasteiger partial charge >= 0.3 is 0 Å². The SMILES string of the molecule is OCC(CNCc1cccc2ccncc12)c1ccc(Cl)cc1. The van der Waals surface area contributed by atoms with Crippen LogP contribution in [0.2, 0.25) is 5.02 Å². The van der Waals surface area contributed by atoms with E-state index in [2.05, 4.69) is 28.5 Å². The van der Waals surface area contributed by atoms with Crippen molar-refractivity contribution in [3.8, 4) is 0 Å². The average molecular weight is 327 g/mol. The molecule has 1 atom stereocenters. The van der Waals surface area contributed by atoms with E-state index in [4.69, 9.17) is 11.6 Å². The molecule has 0 bridgehead atoms. The molecule has 4 heteroatoms. The minimum Gasteiger partial charge on any atom is -0.396 e. The van der Waals surface area contributed by atoms with Gasteiger partial charge in [0.25, 0.3) is 0 Å². The van der Waals surface area contributed by atoms with Gasteiger partial charge in [0.15, 0.2) is 0 Å². The number of aliphatic hydroxyl groups is 1. The second-order valence-electron chi connectivity index (χ2n) is 5.58. The largest absolute Gasteiger partial charge is 0.396 e. The van der Waals surface area contributed by atoms with Crippen molar-refractivity contribution >= 4 is 22.4 Å². The monoisotopic (exact) mass is 326 g/mol. The van der Waals surface area contributed by atoms with E-state index >= 15 is 0 Å². The van der Waals surface area contributed by atoms with Crippen LogP contribution in [0.25, 0.3) is 10.8 Å². The van der Waals surface area contributed by atoms with Crippen LogP contribution >= 0.6 is 11.6 Å². The Morgan fingerprint density at radius 2 is 1.91 bits per heavy atom. The van der Waals surface area contributed by atoms with Gasteiger partial charge in [-0.2, -0.15) is 0 Å². The molecule has 2 N–H and O–H groups in total. The van der Waals surface area contributed by atoms with Crippen molar-refractivity contribution in [3.05, 3.63) is 77.1 Å². The van der Waals surface area contributed by atoms with Crippen LogP contribution in [0.3, 0.4) is 0 Å². The van der Waals surface area contributed by atoms with Gasteiger partial charge in [0.05, 0.1) is 6.61 Å². The van der Waals surface area contributed by atoms with Crippen molar-refractivity contribution in [1.82, 2.24) is 10.3 Å². The number of aliphatic hydroxyl groups excluding tert-OH is 1. The van der Waals surface area contributed by atoms with Crippen LogP contribution in [0.15, 0.2) is 60.9 Å². The molecule has 0 radical (unpaired) electrons. The van der Waals surface area contributed by atoms with Crippen molar-refractivity contribution in [2.75, 3.05) is 13.2 Å². The van der Waals surface area contributed by atoms with Crippen molar-refractivity contribution in [2.24, 2.45) is 0 Å². The second-order valence-corrected chi connectivity index (χ2v) is 6.01. The highest BCUT2D eigenvalue weighted by molar-refractivity contribution is 6.30. The molecule has 0 aliphatic heterocycles. The highest BCUT2D eigenvalue weighted by Gasteiger charge is 2.10. The zero-order chi connectivity index (χ0) is 16.1. The Morgan fingerprint density at radius 3 is 2.70 bits per heavy atom. The first-order valence-electron chi connectivity index (χ1n) is 7.66. The molecule has 0 amide bonds. The fourth-order valence-electron chi connectivity index (χ4n) is 2.73. The van der Waals surface area contributed by atoms with E-state index in [1.54, 1.807) is 0 Å². The summed E-state index contributed by atoms with van der Waals surface area (Å²) in [5.41, 5.74) is 2.30. The minimum atomic E-state index is 0.0559. The number of benzene rings is 2. The van der Waals surface area contributed by atoms with Crippen LogP contribution in [0, 0.1) is 0 Å². The summed E-state index contributed by atoms with van der Waals surface area (Å²) in [6.45, 7) is 1.55. The molecule has 1 heterocycles. The van der Waals surface area contributed by atoms with E-state index in [0.29, 0.717) is 11.6 Å². The van der Waals surface area contributed by atoms with Gasteiger partial charge in [0.2, 0.25) is 0 Å². The van der Waals surface area contributed by atoms with Gasteiger partial charge in [-0.1, -0.05) is 41.9 Å². The van der Waals surface area contributed by atoms with Crippen LogP contribution in [-0.4, -0.2) is 23.2 Å². The molecule has 2 aromatic carbocycles. The molecule has 118 valence electrons. The van der Waals surface area contributed by atoms with Crippen molar-refractivity contribution < 1.29 is 5.11 Å². The number of fused-ring (bicyclic) bond motifs is 1. The fraction of sp³-hybridized carbons (Fsp3) is 0.211. The third kappa shape index (κ3) is 3.88. The third-order valence-corrected chi connectivity index (χ3v) is 4.29. The Labute approximate surface area is 140 Å². The molecular formula is C19H19ClN2O. The van der Waals surface area contributed by atoms with E-state index in [1.165, 1.54) is 10.9 Å². The number of hydrogen-bond donors (Lipinski definition) is 2. The predicted octanol–water partition coefficient (Wildman–Crippen LogP) is 3.75. The number of pyridine rings is 1. The highest BCUT2D eigenvalue weighted by atomic mass is 35.5. The first-order valence-corrected chi connectivity index (χ1v) is 8.04. The van der Waals surface area contributed by atoms with Crippen molar-refractivity contribution in [3.63, 3.8) is 0 Å². The molecule has 3 nitrogen and oxygen atoms in total. The first kappa shape index (κ1) is 15.9. The molecule has 0 saturated heterocycles. The summed E-state index contributed by atoms with van der Waals surface area (Å²) >= 11 is 5.92. The van der Waals surface area contributed by atoms with Crippen molar-refractivity contribution in [2.45, 2.75) is 12.5 Å². The summed E-state index contributed by atoms with van der Waals surface area (Å²) in [5.74, 6) is 0.0559. The molecule has 3 rings (SSSR count). The molecule has 0 fully saturated rings. The molecule has 0 aliphatic carbocycles. The van der Waals surface area contributed by atoms with E-state index in [9.17, 15) is 5.11 Å². The summed E-state index contributed by atoms with van der Waals surface area (Å²) in [4.78, 5) is 4.21. The van der Waals surface area contributed by atoms with Crippen LogP contribution < -0.4 is 5.32 Å². The lowest BCUT2D eigenvalue weighted by Crippen LogP contribution is -2.23. The quantitative estimate of drug-likeness (QED) is 0.725. The average Bonchev–Trinajstić information content (AvgIpc) is 2.60. The number of rotatable bonds is 6. The summed E-state index contributed by atoms with van der Waals surface area (Å²) in [7, 11) is 0. The summed E-state index contributed by atoms with van der Waals surface area (Å²) in [5, 5.41) is 16.1. The van der Waals surface area contributed by atoms with Gasteiger partial charge in [-0.15, -0.1) is 0 Å². The molecule has 23 heavy (non-hydrogen) atoms. The Morgan fingerprint density at radius 1 is 1.09 bits per heavy atom. The van der Waals surface area contributed by atoms with Gasteiger partial charge < -0.3 is 10.4 Å². The molecule has 3 aromatic rings. The molecule has 0 spiro atoms. The molecule has 1 aromatic heterocycles. The molecule has 0 aliphatic rings. The maximum atomic E-state index is 9.63. The number of aromatic nitrogens is 1. The van der Waals surface area contributed by atoms with Gasteiger partial charge in [-0.05, 0) is 34.7 Å². The van der Waals surface area contributed by atoms with E-state index in [-0.39, 0.29) is 12.5 Å². The van der Waals surface area contributed by atoms with E-state index < -0.39 is 0 Å². The van der Waals surface area contributed by atoms with E-state index in [0.717, 1.165) is 17.5 Å². The molecular weight excluding hydrogens is 308 g/mol. The fourth-order valence-corrected chi connectivity index (χ4v) is 2.86. The maximum absolute atomic E-state index is 9.63. The Hall–Kier alpha value is -1.94. The highest BCUT2D eigenvalue weighted by Crippen LogP contribution is 2.19. The standard InChI is InChI=1S/C19H19ClN2O/c20-18-6-4-14(5-7-18)17(13-23)11-22-10-16-3-1-2-15-8-9-21-12-19(15)16/h1-9,12,17,22-23H,10-11,13H2. The number of nitrogens with zero attached hydrogens (tertiary/aromatic N) is 1. The summed E-state index contributed by atoms with van der Waals surface area (Å²) in [6, 6.07) is 15.9. The van der Waals surface area contributed by atoms with Crippen LogP contribution in [0.5, 0.6) is 0 Å². The Balaban J connectivity index is 1.66. The van der Waals surface area contributed by atoms with Gasteiger partial charge in [-0.3, -0.25) is 4.98 Å². The number of hydrogen-bond acceptors (Lipinski definition) is 3. The third-order valence-electron chi connectivity index (χ3n) is 4.04. The van der Waals surface area contributed by atoms with Gasteiger partial charge in [-0.25, -0.2) is 0 Å². The zero-order valence-corrected chi connectivity index (χ0v) is 13.5. The lowest BCUT2D eigenvalue weighted by atomic mass is 10.00.